The number of halogens is 1. The third kappa shape index (κ3) is 2.84. The molecule has 0 saturated heterocycles. The number of carbonyl (C=O) groups is 1. The molecule has 0 amide bonds. The maximum Gasteiger partial charge on any atom is 0.328 e. The molecule has 1 heterocycles. The van der Waals surface area contributed by atoms with Gasteiger partial charge in [-0.15, -0.1) is 0 Å². The van der Waals surface area contributed by atoms with Gasteiger partial charge in [0, 0.05) is 0 Å². The number of nitriles is 2. The molecule has 0 radical (unpaired) electrons. The summed E-state index contributed by atoms with van der Waals surface area (Å²) in [6.45, 7) is 1.54. The summed E-state index contributed by atoms with van der Waals surface area (Å²) in [5.74, 6) is -0.471. The lowest BCUT2D eigenvalue weighted by atomic mass is 10.3. The van der Waals surface area contributed by atoms with Crippen LogP contribution in [0.3, 0.4) is 0 Å². The van der Waals surface area contributed by atoms with Crippen LogP contribution in [-0.4, -0.2) is 29.1 Å². The lowest BCUT2D eigenvalue weighted by molar-refractivity contribution is -0.141. The van der Waals surface area contributed by atoms with Gasteiger partial charge >= 0.3 is 5.97 Å². The second kappa shape index (κ2) is 5.80. The summed E-state index contributed by atoms with van der Waals surface area (Å²) in [5, 5.41) is 20.1. The van der Waals surface area contributed by atoms with Crippen molar-refractivity contribution in [3.05, 3.63) is 16.5 Å². The molecule has 1 atom stereocenters. The van der Waals surface area contributed by atoms with Crippen molar-refractivity contribution in [1.29, 1.82) is 10.5 Å². The Morgan fingerprint density at radius 3 is 2.44 bits per heavy atom. The first-order valence-corrected chi connectivity index (χ1v) is 5.13. The number of ether oxygens (including phenoxy) is 1. The van der Waals surface area contributed by atoms with E-state index in [-0.39, 0.29) is 22.4 Å². The molecule has 0 unspecified atom stereocenters. The van der Waals surface area contributed by atoms with Crippen LogP contribution < -0.4 is 5.32 Å². The van der Waals surface area contributed by atoms with Crippen molar-refractivity contribution in [3.63, 3.8) is 0 Å². The Morgan fingerprint density at radius 2 is 1.94 bits per heavy atom. The molecule has 0 aliphatic carbocycles. The SMILES string of the molecule is COC(=O)[C@H](C)Nc1nc(C#N)c(C#N)nc1Cl. The summed E-state index contributed by atoms with van der Waals surface area (Å²) in [7, 11) is 1.24. The molecule has 0 spiro atoms. The highest BCUT2D eigenvalue weighted by atomic mass is 35.5. The van der Waals surface area contributed by atoms with Crippen LogP contribution in [0, 0.1) is 22.7 Å². The van der Waals surface area contributed by atoms with Crippen LogP contribution in [0.1, 0.15) is 18.3 Å². The van der Waals surface area contributed by atoms with E-state index < -0.39 is 12.0 Å². The van der Waals surface area contributed by atoms with Crippen LogP contribution in [0.15, 0.2) is 0 Å². The Labute approximate surface area is 108 Å². The Balaban J connectivity index is 3.09. The number of aromatic nitrogens is 2. The van der Waals surface area contributed by atoms with Crippen LogP contribution in [0.5, 0.6) is 0 Å². The summed E-state index contributed by atoms with van der Waals surface area (Å²) >= 11 is 5.78. The zero-order chi connectivity index (χ0) is 13.7. The fourth-order valence-corrected chi connectivity index (χ4v) is 1.28. The fraction of sp³-hybridized carbons (Fsp3) is 0.300. The normalized spacial score (nSPS) is 10.9. The molecule has 8 heteroatoms. The number of nitrogens with one attached hydrogen (secondary N) is 1. The molecule has 92 valence electrons. The molecule has 0 saturated carbocycles. The van der Waals surface area contributed by atoms with Gasteiger partial charge in [0.15, 0.2) is 22.4 Å². The molecular weight excluding hydrogens is 258 g/mol. The van der Waals surface area contributed by atoms with Crippen LogP contribution in [0.25, 0.3) is 0 Å². The van der Waals surface area contributed by atoms with Gasteiger partial charge in [0.2, 0.25) is 0 Å². The van der Waals surface area contributed by atoms with Crippen molar-refractivity contribution in [2.75, 3.05) is 12.4 Å². The number of hydrogen-bond donors (Lipinski definition) is 1. The Morgan fingerprint density at radius 1 is 1.39 bits per heavy atom. The van der Waals surface area contributed by atoms with Gasteiger partial charge < -0.3 is 10.1 Å². The van der Waals surface area contributed by atoms with Crippen molar-refractivity contribution >= 4 is 23.4 Å². The topological polar surface area (TPSA) is 112 Å². The van der Waals surface area contributed by atoms with Gasteiger partial charge in [-0.2, -0.15) is 10.5 Å². The quantitative estimate of drug-likeness (QED) is 0.806. The van der Waals surface area contributed by atoms with Gasteiger partial charge in [0.25, 0.3) is 0 Å². The third-order valence-electron chi connectivity index (χ3n) is 1.97. The van der Waals surface area contributed by atoms with E-state index in [0.29, 0.717) is 0 Å². The van der Waals surface area contributed by atoms with E-state index in [1.54, 1.807) is 12.1 Å². The standard InChI is InChI=1S/C10H8ClN5O2/c1-5(10(17)18-2)14-9-8(11)15-6(3-12)7(4-13)16-9/h5H,1-2H3,(H,14,16)/t5-/m0/s1. The Bertz CT molecular complexity index is 561. The lowest BCUT2D eigenvalue weighted by Crippen LogP contribution is -2.28. The predicted molar refractivity (Wildman–Crippen MR) is 61.6 cm³/mol. The average molecular weight is 266 g/mol. The fourth-order valence-electron chi connectivity index (χ4n) is 1.10. The predicted octanol–water partition coefficient (Wildman–Crippen LogP) is 0.847. The van der Waals surface area contributed by atoms with E-state index >= 15 is 0 Å². The third-order valence-corrected chi connectivity index (χ3v) is 2.24. The molecule has 1 N–H and O–H groups in total. The van der Waals surface area contributed by atoms with Gasteiger partial charge in [-0.05, 0) is 6.92 Å². The van der Waals surface area contributed by atoms with Crippen LogP contribution in [0.2, 0.25) is 5.15 Å². The zero-order valence-electron chi connectivity index (χ0n) is 9.56. The monoisotopic (exact) mass is 265 g/mol. The van der Waals surface area contributed by atoms with E-state index in [2.05, 4.69) is 20.0 Å². The summed E-state index contributed by atoms with van der Waals surface area (Å²) in [4.78, 5) is 18.7. The second-order valence-electron chi connectivity index (χ2n) is 3.17. The molecule has 7 nitrogen and oxygen atoms in total. The van der Waals surface area contributed by atoms with Crippen molar-refractivity contribution in [3.8, 4) is 12.1 Å². The number of carbonyl (C=O) groups excluding carboxylic acids is 1. The van der Waals surface area contributed by atoms with Crippen molar-refractivity contribution in [2.45, 2.75) is 13.0 Å². The van der Waals surface area contributed by atoms with E-state index in [4.69, 9.17) is 22.1 Å². The van der Waals surface area contributed by atoms with Crippen LogP contribution in [-0.2, 0) is 9.53 Å². The molecule has 18 heavy (non-hydrogen) atoms. The van der Waals surface area contributed by atoms with Crippen LogP contribution >= 0.6 is 11.6 Å². The average Bonchev–Trinajstić information content (AvgIpc) is 2.39. The van der Waals surface area contributed by atoms with Gasteiger partial charge in [-0.1, -0.05) is 11.6 Å². The minimum Gasteiger partial charge on any atom is -0.467 e. The van der Waals surface area contributed by atoms with E-state index in [0.717, 1.165) is 0 Å². The van der Waals surface area contributed by atoms with E-state index in [1.807, 2.05) is 0 Å². The zero-order valence-corrected chi connectivity index (χ0v) is 10.3. The van der Waals surface area contributed by atoms with E-state index in [9.17, 15) is 4.79 Å². The molecular formula is C10H8ClN5O2. The highest BCUT2D eigenvalue weighted by molar-refractivity contribution is 6.31. The molecule has 0 bridgehead atoms. The smallest absolute Gasteiger partial charge is 0.328 e. The molecule has 1 aromatic rings. The van der Waals surface area contributed by atoms with Gasteiger partial charge in [-0.3, -0.25) is 0 Å². The minimum absolute atomic E-state index is 0.0464. The highest BCUT2D eigenvalue weighted by Gasteiger charge is 2.18. The van der Waals surface area contributed by atoms with E-state index in [1.165, 1.54) is 14.0 Å². The summed E-state index contributed by atoms with van der Waals surface area (Å²) in [6, 6.07) is 2.71. The summed E-state index contributed by atoms with van der Waals surface area (Å²) in [6.07, 6.45) is 0. The number of methoxy groups -OCH3 is 1. The molecule has 0 aliphatic heterocycles. The number of rotatable bonds is 3. The molecule has 1 aromatic heterocycles. The Hall–Kier alpha value is -2.38. The Kier molecular flexibility index (Phi) is 4.41. The number of hydrogen-bond acceptors (Lipinski definition) is 7. The largest absolute Gasteiger partial charge is 0.467 e. The maximum absolute atomic E-state index is 11.2. The number of nitrogens with zero attached hydrogens (tertiary/aromatic N) is 4. The lowest BCUT2D eigenvalue weighted by Gasteiger charge is -2.12. The van der Waals surface area contributed by atoms with Crippen LogP contribution in [0.4, 0.5) is 5.82 Å². The van der Waals surface area contributed by atoms with Crippen molar-refractivity contribution in [1.82, 2.24) is 9.97 Å². The highest BCUT2D eigenvalue weighted by Crippen LogP contribution is 2.19. The molecule has 1 rings (SSSR count). The first-order valence-electron chi connectivity index (χ1n) is 4.75. The minimum atomic E-state index is -0.707. The van der Waals surface area contributed by atoms with Crippen molar-refractivity contribution in [2.24, 2.45) is 0 Å². The second-order valence-corrected chi connectivity index (χ2v) is 3.53. The molecule has 0 aromatic carbocycles. The number of anilines is 1. The molecule has 0 aliphatic rings. The first kappa shape index (κ1) is 13.7. The molecule has 0 fully saturated rings. The summed E-state index contributed by atoms with van der Waals surface area (Å²) in [5.41, 5.74) is -0.333. The number of esters is 1. The van der Waals surface area contributed by atoms with Crippen molar-refractivity contribution < 1.29 is 9.53 Å². The first-order chi connectivity index (χ1) is 8.53. The van der Waals surface area contributed by atoms with Gasteiger partial charge in [0.1, 0.15) is 18.2 Å². The van der Waals surface area contributed by atoms with Gasteiger partial charge in [0.05, 0.1) is 7.11 Å². The maximum atomic E-state index is 11.2. The van der Waals surface area contributed by atoms with Gasteiger partial charge in [-0.25, -0.2) is 14.8 Å². The summed E-state index contributed by atoms with van der Waals surface area (Å²) < 4.78 is 4.52.